The van der Waals surface area contributed by atoms with Crippen molar-refractivity contribution < 1.29 is 23.8 Å². The Morgan fingerprint density at radius 3 is 2.89 bits per heavy atom. The first-order chi connectivity index (χ1) is 17.0. The molecule has 1 N–H and O–H groups in total. The van der Waals surface area contributed by atoms with Gasteiger partial charge in [0.15, 0.2) is 5.75 Å². The van der Waals surface area contributed by atoms with Gasteiger partial charge < -0.3 is 24.4 Å². The van der Waals surface area contributed by atoms with Crippen LogP contribution in [-0.4, -0.2) is 64.4 Å². The number of carbonyl (C=O) groups is 1. The fraction of sp³-hybridized carbons (Fsp3) is 0.240. The molecule has 1 unspecified atom stereocenters. The lowest BCUT2D eigenvalue weighted by Gasteiger charge is -2.47. The van der Waals surface area contributed by atoms with E-state index in [0.29, 0.717) is 40.3 Å². The number of halogens is 2. The highest BCUT2D eigenvalue weighted by molar-refractivity contribution is 6.23. The van der Waals surface area contributed by atoms with Crippen molar-refractivity contribution >= 4 is 45.1 Å². The Balaban J connectivity index is 1.51. The number of nitrogens with zero attached hydrogens (tertiary/aromatic N) is 4. The van der Waals surface area contributed by atoms with Gasteiger partial charge in [0.05, 0.1) is 42.5 Å². The molecule has 1 amide bonds. The van der Waals surface area contributed by atoms with Crippen LogP contribution in [0.3, 0.4) is 0 Å². The van der Waals surface area contributed by atoms with E-state index in [9.17, 15) is 9.90 Å². The summed E-state index contributed by atoms with van der Waals surface area (Å²) in [7, 11) is 1.51. The maximum Gasteiger partial charge on any atom is 0.407 e. The van der Waals surface area contributed by atoms with Gasteiger partial charge in [0.25, 0.3) is 0 Å². The maximum atomic E-state index is 15.2. The smallest absolute Gasteiger partial charge is 0.407 e. The summed E-state index contributed by atoms with van der Waals surface area (Å²) in [6.45, 7) is 0.760. The average Bonchev–Trinajstić information content (AvgIpc) is 2.87. The predicted octanol–water partition coefficient (Wildman–Crippen LogP) is 4.72. The molecule has 178 valence electrons. The number of carboxylic acid groups (broad SMARTS) is 1. The van der Waals surface area contributed by atoms with E-state index in [1.54, 1.807) is 18.5 Å². The quantitative estimate of drug-likeness (QED) is 0.318. The van der Waals surface area contributed by atoms with Crippen LogP contribution in [0, 0.1) is 5.82 Å². The molecule has 4 heterocycles. The summed E-state index contributed by atoms with van der Waals surface area (Å²) in [5.74, 6) is 0.529. The molecular weight excluding hydrogens is 475 g/mol. The highest BCUT2D eigenvalue weighted by Gasteiger charge is 2.40. The van der Waals surface area contributed by atoms with Crippen molar-refractivity contribution in [2.75, 3.05) is 31.7 Å². The molecule has 10 heteroatoms. The number of piperazine rings is 1. The molecule has 2 aliphatic heterocycles. The number of hydrogen-bond donors (Lipinski definition) is 1. The van der Waals surface area contributed by atoms with Crippen molar-refractivity contribution in [2.24, 2.45) is 0 Å². The largest absolute Gasteiger partial charge is 0.488 e. The number of pyridine rings is 2. The molecule has 0 aliphatic carbocycles. The summed E-state index contributed by atoms with van der Waals surface area (Å²) >= 11 is 6.68. The van der Waals surface area contributed by atoms with Crippen LogP contribution in [0.15, 0.2) is 48.8 Å². The lowest BCUT2D eigenvalue weighted by molar-refractivity contribution is 0.119. The Labute approximate surface area is 204 Å². The highest BCUT2D eigenvalue weighted by atomic mass is 35.5. The molecule has 0 spiro atoms. The summed E-state index contributed by atoms with van der Waals surface area (Å²) in [5.41, 5.74) is 1.84. The third kappa shape index (κ3) is 3.37. The zero-order valence-corrected chi connectivity index (χ0v) is 19.4. The molecule has 2 aromatic carbocycles. The van der Waals surface area contributed by atoms with E-state index in [1.807, 2.05) is 29.2 Å². The number of rotatable bonds is 2. The van der Waals surface area contributed by atoms with Gasteiger partial charge >= 0.3 is 6.09 Å². The SMILES string of the molecule is COc1nccc2ccc(F)c(-c3ccc4c5c(cnc4c3)OC[C@H]3CN(C(=O)O)CC(Cl)N53)c12. The van der Waals surface area contributed by atoms with E-state index in [4.69, 9.17) is 21.1 Å². The maximum absolute atomic E-state index is 15.2. The highest BCUT2D eigenvalue weighted by Crippen LogP contribution is 2.44. The lowest BCUT2D eigenvalue weighted by Crippen LogP contribution is -2.61. The molecule has 1 fully saturated rings. The average molecular weight is 495 g/mol. The number of aromatic nitrogens is 2. The van der Waals surface area contributed by atoms with Crippen LogP contribution in [-0.2, 0) is 0 Å². The number of hydrogen-bond acceptors (Lipinski definition) is 6. The van der Waals surface area contributed by atoms with Gasteiger partial charge in [-0.05, 0) is 35.2 Å². The minimum atomic E-state index is -1.01. The molecule has 0 radical (unpaired) electrons. The molecule has 0 bridgehead atoms. The van der Waals surface area contributed by atoms with Gasteiger partial charge in [-0.25, -0.2) is 14.2 Å². The van der Waals surface area contributed by atoms with Crippen LogP contribution < -0.4 is 14.4 Å². The number of methoxy groups -OCH3 is 1. The van der Waals surface area contributed by atoms with Crippen LogP contribution in [0.5, 0.6) is 11.6 Å². The number of anilines is 1. The Hall–Kier alpha value is -3.85. The van der Waals surface area contributed by atoms with E-state index in [-0.39, 0.29) is 19.1 Å². The molecule has 0 saturated carbocycles. The van der Waals surface area contributed by atoms with E-state index >= 15 is 4.39 Å². The van der Waals surface area contributed by atoms with E-state index in [2.05, 4.69) is 9.97 Å². The zero-order chi connectivity index (χ0) is 24.3. The van der Waals surface area contributed by atoms with Crippen molar-refractivity contribution in [1.29, 1.82) is 0 Å². The second kappa shape index (κ2) is 8.13. The number of alkyl halides is 1. The summed E-state index contributed by atoms with van der Waals surface area (Å²) in [5, 5.41) is 11.6. The molecule has 2 aliphatic rings. The molecule has 6 rings (SSSR count). The number of amides is 1. The van der Waals surface area contributed by atoms with Gasteiger partial charge in [0.1, 0.15) is 17.9 Å². The van der Waals surface area contributed by atoms with Crippen LogP contribution in [0.1, 0.15) is 0 Å². The fourth-order valence-corrected chi connectivity index (χ4v) is 5.47. The minimum absolute atomic E-state index is 0.169. The first kappa shape index (κ1) is 21.7. The van der Waals surface area contributed by atoms with Gasteiger partial charge in [-0.3, -0.25) is 4.98 Å². The predicted molar refractivity (Wildman–Crippen MR) is 130 cm³/mol. The van der Waals surface area contributed by atoms with Crippen molar-refractivity contribution in [3.05, 3.63) is 54.6 Å². The summed E-state index contributed by atoms with van der Waals surface area (Å²) in [6.07, 6.45) is 2.25. The summed E-state index contributed by atoms with van der Waals surface area (Å²) in [4.78, 5) is 23.7. The molecule has 1 saturated heterocycles. The standard InChI is InChI=1S/C25H20ClFN4O4/c1-34-24-22-13(6-7-28-24)3-5-17(27)21(22)14-2-4-16-18(8-14)29-9-19-23(16)31-15(12-35-19)10-30(25(32)33)11-20(31)26/h2-9,15,20H,10-12H2,1H3,(H,32,33)/t15-,20?/m1/s1. The van der Waals surface area contributed by atoms with E-state index < -0.39 is 17.4 Å². The Morgan fingerprint density at radius 1 is 1.23 bits per heavy atom. The lowest BCUT2D eigenvalue weighted by atomic mass is 9.96. The molecule has 35 heavy (non-hydrogen) atoms. The summed E-state index contributed by atoms with van der Waals surface area (Å²) < 4.78 is 26.5. The van der Waals surface area contributed by atoms with Gasteiger partial charge in [-0.2, -0.15) is 0 Å². The first-order valence-corrected chi connectivity index (χ1v) is 11.5. The topological polar surface area (TPSA) is 88.0 Å². The third-order valence-electron chi connectivity index (χ3n) is 6.59. The van der Waals surface area contributed by atoms with E-state index in [0.717, 1.165) is 16.5 Å². The van der Waals surface area contributed by atoms with E-state index in [1.165, 1.54) is 18.1 Å². The van der Waals surface area contributed by atoms with Crippen molar-refractivity contribution in [2.45, 2.75) is 11.5 Å². The Morgan fingerprint density at radius 2 is 2.09 bits per heavy atom. The molecular formula is C25H20ClFN4O4. The summed E-state index contributed by atoms with van der Waals surface area (Å²) in [6, 6.07) is 10.2. The third-order valence-corrected chi connectivity index (χ3v) is 6.94. The molecule has 2 aromatic heterocycles. The monoisotopic (exact) mass is 494 g/mol. The number of fused-ring (bicyclic) bond motifs is 6. The van der Waals surface area contributed by atoms with Crippen LogP contribution in [0.4, 0.5) is 14.9 Å². The second-order valence-electron chi connectivity index (χ2n) is 8.54. The van der Waals surface area contributed by atoms with Crippen LogP contribution in [0.25, 0.3) is 32.8 Å². The normalized spacial score (nSPS) is 19.3. The minimum Gasteiger partial charge on any atom is -0.488 e. The second-order valence-corrected chi connectivity index (χ2v) is 9.04. The number of ether oxygens (including phenoxy) is 2. The van der Waals surface area contributed by atoms with Crippen molar-refractivity contribution in [3.63, 3.8) is 0 Å². The molecule has 4 aromatic rings. The van der Waals surface area contributed by atoms with Gasteiger partial charge in [-0.1, -0.05) is 23.7 Å². The van der Waals surface area contributed by atoms with Crippen molar-refractivity contribution in [1.82, 2.24) is 14.9 Å². The molecule has 2 atom stereocenters. The Bertz CT molecular complexity index is 1500. The zero-order valence-electron chi connectivity index (χ0n) is 18.6. The fourth-order valence-electron chi connectivity index (χ4n) is 5.05. The number of benzene rings is 2. The van der Waals surface area contributed by atoms with Crippen LogP contribution >= 0.6 is 11.6 Å². The van der Waals surface area contributed by atoms with Crippen LogP contribution in [0.2, 0.25) is 0 Å². The molecule has 8 nitrogen and oxygen atoms in total. The van der Waals surface area contributed by atoms with Crippen molar-refractivity contribution in [3.8, 4) is 22.8 Å². The Kier molecular flexibility index (Phi) is 5.03. The first-order valence-electron chi connectivity index (χ1n) is 11.0. The van der Waals surface area contributed by atoms with Gasteiger partial charge in [-0.15, -0.1) is 0 Å². The van der Waals surface area contributed by atoms with Gasteiger partial charge in [0.2, 0.25) is 5.88 Å². The van der Waals surface area contributed by atoms with Gasteiger partial charge in [0, 0.05) is 23.7 Å².